The fourth-order valence-corrected chi connectivity index (χ4v) is 3.43. The third-order valence-electron chi connectivity index (χ3n) is 4.80. The van der Waals surface area contributed by atoms with Crippen LogP contribution >= 0.6 is 0 Å². The maximum absolute atomic E-state index is 13.2. The van der Waals surface area contributed by atoms with Crippen molar-refractivity contribution in [2.45, 2.75) is 70.4 Å². The molecule has 32 heavy (non-hydrogen) atoms. The highest BCUT2D eigenvalue weighted by Gasteiger charge is 2.38. The van der Waals surface area contributed by atoms with Crippen LogP contribution in [0.25, 0.3) is 0 Å². The molecule has 0 amide bonds. The first kappa shape index (κ1) is 27.7. The number of nitrogens with zero attached hydrogens (tertiary/aromatic N) is 2. The van der Waals surface area contributed by atoms with E-state index in [4.69, 9.17) is 0 Å². The lowest BCUT2D eigenvalue weighted by Gasteiger charge is -2.26. The number of nitriles is 1. The molecule has 1 aromatic carbocycles. The largest absolute Gasteiger partial charge is 0.416 e. The lowest BCUT2D eigenvalue weighted by Crippen LogP contribution is -2.40. The van der Waals surface area contributed by atoms with Gasteiger partial charge in [-0.05, 0) is 44.4 Å². The molecule has 0 fully saturated rings. The van der Waals surface area contributed by atoms with Gasteiger partial charge >= 0.3 is 12.4 Å². The van der Waals surface area contributed by atoms with Crippen LogP contribution in [0.4, 0.5) is 32.0 Å². The number of hydrogen-bond donors (Lipinski definition) is 1. The molecule has 0 spiro atoms. The Labute approximate surface area is 183 Å². The number of benzene rings is 1. The third kappa shape index (κ3) is 6.85. The van der Waals surface area contributed by atoms with Crippen molar-refractivity contribution in [2.75, 3.05) is 5.32 Å². The first-order valence-electron chi connectivity index (χ1n) is 9.47. The molecule has 1 aromatic rings. The number of amidine groups is 1. The minimum atomic E-state index is -5.09. The van der Waals surface area contributed by atoms with Crippen LogP contribution in [0.2, 0.25) is 0 Å². The Morgan fingerprint density at radius 3 is 1.72 bits per heavy atom. The summed E-state index contributed by atoms with van der Waals surface area (Å²) in [6, 6.07) is 1.70. The van der Waals surface area contributed by atoms with Gasteiger partial charge in [-0.2, -0.15) is 31.6 Å². The number of sulfone groups is 1. The monoisotopic (exact) mass is 485 g/mol. The number of hydrogen-bond acceptors (Lipinski definition) is 4. The average Bonchev–Trinajstić information content (AvgIpc) is 2.59. The fourth-order valence-electron chi connectivity index (χ4n) is 2.31. The molecule has 1 rings (SSSR count). The van der Waals surface area contributed by atoms with E-state index in [1.165, 1.54) is 13.8 Å². The second-order valence-electron chi connectivity index (χ2n) is 8.62. The summed E-state index contributed by atoms with van der Waals surface area (Å²) in [5.41, 5.74) is -4.40. The number of anilines is 1. The quantitative estimate of drug-likeness (QED) is 0.330. The Morgan fingerprint density at radius 2 is 1.41 bits per heavy atom. The van der Waals surface area contributed by atoms with Crippen molar-refractivity contribution in [3.63, 3.8) is 0 Å². The molecule has 12 heteroatoms. The highest BCUT2D eigenvalue weighted by atomic mass is 32.2. The Bertz CT molecular complexity index is 968. The zero-order chi connectivity index (χ0) is 25.3. The summed E-state index contributed by atoms with van der Waals surface area (Å²) in [4.78, 5) is 4.19. The highest BCUT2D eigenvalue weighted by Crippen LogP contribution is 2.37. The normalized spacial score (nSPS) is 15.9. The molecule has 0 saturated heterocycles. The number of aliphatic imine (C=N–C) groups is 1. The van der Waals surface area contributed by atoms with E-state index in [0.717, 1.165) is 0 Å². The summed E-state index contributed by atoms with van der Waals surface area (Å²) in [5.74, 6) is -0.545. The minimum absolute atomic E-state index is 0.0492. The van der Waals surface area contributed by atoms with Crippen LogP contribution in [0.3, 0.4) is 0 Å². The second kappa shape index (κ2) is 9.29. The number of nitrogens with one attached hydrogen (secondary N) is 1. The van der Waals surface area contributed by atoms with Gasteiger partial charge in [0, 0.05) is 5.69 Å². The first-order chi connectivity index (χ1) is 14.2. The number of halogens is 6. The standard InChI is InChI=1S/C20H25F6N3O2S/c1-11(2)32(30,31)16(10-27)17(28-12(3)18(4,5)6)29-15-8-13(19(21,22)23)7-14(9-15)20(24,25)26/h7-9,11-12,16H,1-6H3,(H,28,29). The topological polar surface area (TPSA) is 82.3 Å². The lowest BCUT2D eigenvalue weighted by atomic mass is 9.88. The van der Waals surface area contributed by atoms with Crippen molar-refractivity contribution in [3.8, 4) is 6.07 Å². The molecule has 0 heterocycles. The second-order valence-corrected chi connectivity index (χ2v) is 11.2. The van der Waals surface area contributed by atoms with Crippen molar-refractivity contribution in [2.24, 2.45) is 10.4 Å². The SMILES string of the molecule is CC(N=C(Nc1cc(C(F)(F)F)cc(C(F)(F)F)c1)C(C#N)S(=O)(=O)C(C)C)C(C)(C)C. The fraction of sp³-hybridized carbons (Fsp3) is 0.600. The van der Waals surface area contributed by atoms with Gasteiger partial charge in [0.15, 0.2) is 9.84 Å². The molecule has 0 aliphatic carbocycles. The van der Waals surface area contributed by atoms with Gasteiger partial charge in [-0.25, -0.2) is 8.42 Å². The highest BCUT2D eigenvalue weighted by molar-refractivity contribution is 7.93. The Hall–Kier alpha value is -2.29. The maximum atomic E-state index is 13.2. The minimum Gasteiger partial charge on any atom is -0.342 e. The maximum Gasteiger partial charge on any atom is 0.416 e. The summed E-state index contributed by atoms with van der Waals surface area (Å²) in [6.07, 6.45) is -10.2. The van der Waals surface area contributed by atoms with Crippen LogP contribution in [0, 0.1) is 16.7 Å². The van der Waals surface area contributed by atoms with Crippen molar-refractivity contribution < 1.29 is 34.8 Å². The van der Waals surface area contributed by atoms with Crippen LogP contribution in [0.15, 0.2) is 23.2 Å². The van der Waals surface area contributed by atoms with E-state index >= 15 is 0 Å². The van der Waals surface area contributed by atoms with Crippen LogP contribution in [0.1, 0.15) is 52.7 Å². The van der Waals surface area contributed by atoms with Gasteiger partial charge in [-0.1, -0.05) is 20.8 Å². The molecule has 0 aliphatic rings. The van der Waals surface area contributed by atoms with Gasteiger partial charge in [0.05, 0.1) is 28.5 Å². The van der Waals surface area contributed by atoms with E-state index < -0.39 is 66.8 Å². The molecule has 0 radical (unpaired) electrons. The summed E-state index contributed by atoms with van der Waals surface area (Å²) >= 11 is 0. The van der Waals surface area contributed by atoms with Crippen molar-refractivity contribution in [1.29, 1.82) is 5.26 Å². The molecular weight excluding hydrogens is 460 g/mol. The van der Waals surface area contributed by atoms with Crippen LogP contribution < -0.4 is 5.32 Å². The van der Waals surface area contributed by atoms with Crippen molar-refractivity contribution in [1.82, 2.24) is 0 Å². The Kier molecular flexibility index (Phi) is 8.06. The smallest absolute Gasteiger partial charge is 0.342 e. The molecule has 180 valence electrons. The molecule has 5 nitrogen and oxygen atoms in total. The van der Waals surface area contributed by atoms with Gasteiger partial charge in [0.1, 0.15) is 5.84 Å². The van der Waals surface area contributed by atoms with Crippen LogP contribution in [-0.4, -0.2) is 30.8 Å². The Morgan fingerprint density at radius 1 is 0.969 bits per heavy atom. The molecule has 2 atom stereocenters. The van der Waals surface area contributed by atoms with E-state index in [2.05, 4.69) is 10.3 Å². The van der Waals surface area contributed by atoms with E-state index in [1.54, 1.807) is 33.8 Å². The number of alkyl halides is 6. The summed E-state index contributed by atoms with van der Waals surface area (Å²) in [6.45, 7) is 9.45. The van der Waals surface area contributed by atoms with Gasteiger partial charge in [0.2, 0.25) is 5.25 Å². The first-order valence-corrected chi connectivity index (χ1v) is 11.1. The lowest BCUT2D eigenvalue weighted by molar-refractivity contribution is -0.143. The third-order valence-corrected chi connectivity index (χ3v) is 7.10. The van der Waals surface area contributed by atoms with E-state index in [-0.39, 0.29) is 6.07 Å². The van der Waals surface area contributed by atoms with Gasteiger partial charge in [0.25, 0.3) is 0 Å². The zero-order valence-corrected chi connectivity index (χ0v) is 19.2. The van der Waals surface area contributed by atoms with Crippen LogP contribution in [0.5, 0.6) is 0 Å². The summed E-state index contributed by atoms with van der Waals surface area (Å²) in [5, 5.41) is 8.83. The van der Waals surface area contributed by atoms with Gasteiger partial charge < -0.3 is 5.32 Å². The molecule has 0 aromatic heterocycles. The summed E-state index contributed by atoms with van der Waals surface area (Å²) < 4.78 is 104. The molecule has 1 N–H and O–H groups in total. The van der Waals surface area contributed by atoms with Crippen LogP contribution in [-0.2, 0) is 22.2 Å². The van der Waals surface area contributed by atoms with Crippen molar-refractivity contribution >= 4 is 21.4 Å². The predicted molar refractivity (Wildman–Crippen MR) is 110 cm³/mol. The van der Waals surface area contributed by atoms with Gasteiger partial charge in [-0.15, -0.1) is 0 Å². The van der Waals surface area contributed by atoms with E-state index in [1.807, 2.05) is 0 Å². The molecule has 0 aliphatic heterocycles. The molecule has 0 bridgehead atoms. The predicted octanol–water partition coefficient (Wildman–Crippen LogP) is 5.68. The van der Waals surface area contributed by atoms with E-state index in [9.17, 15) is 40.0 Å². The van der Waals surface area contributed by atoms with Crippen molar-refractivity contribution in [3.05, 3.63) is 29.3 Å². The molecule has 2 unspecified atom stereocenters. The zero-order valence-electron chi connectivity index (χ0n) is 18.4. The van der Waals surface area contributed by atoms with E-state index in [0.29, 0.717) is 12.1 Å². The summed E-state index contributed by atoms with van der Waals surface area (Å²) in [7, 11) is -4.18. The van der Waals surface area contributed by atoms with Gasteiger partial charge in [-0.3, -0.25) is 4.99 Å². The molecular formula is C20H25F6N3O2S. The Balaban J connectivity index is 3.75. The number of rotatable bonds is 5. The average molecular weight is 485 g/mol. The molecule has 0 saturated carbocycles.